The van der Waals surface area contributed by atoms with Crippen molar-refractivity contribution in [3.8, 4) is 5.75 Å². The summed E-state index contributed by atoms with van der Waals surface area (Å²) in [6.45, 7) is 2.83. The molecule has 0 saturated heterocycles. The van der Waals surface area contributed by atoms with Crippen LogP contribution in [0.25, 0.3) is 0 Å². The van der Waals surface area contributed by atoms with Gasteiger partial charge in [0.25, 0.3) is 0 Å². The second-order valence-electron chi connectivity index (χ2n) is 8.12. The molecule has 37 heavy (non-hydrogen) atoms. The molecule has 1 atom stereocenters. The van der Waals surface area contributed by atoms with E-state index in [0.29, 0.717) is 28.2 Å². The molecule has 0 unspecified atom stereocenters. The Balaban J connectivity index is 2.50. The fraction of sp³-hybridized carbons (Fsp3) is 0.417. The van der Waals surface area contributed by atoms with Gasteiger partial charge in [0.05, 0.1) is 29.6 Å². The average molecular weight is 564 g/mol. The lowest BCUT2D eigenvalue weighted by molar-refractivity contribution is -0.140. The van der Waals surface area contributed by atoms with E-state index in [9.17, 15) is 31.2 Å². The van der Waals surface area contributed by atoms with E-state index in [1.807, 2.05) is 0 Å². The summed E-state index contributed by atoms with van der Waals surface area (Å²) in [5, 5.41) is 2.05. The first-order valence-corrected chi connectivity index (χ1v) is 13.5. The first-order valence-electron chi connectivity index (χ1n) is 11.3. The second-order valence-corrected chi connectivity index (χ2v) is 10.4. The van der Waals surface area contributed by atoms with E-state index >= 15 is 0 Å². The number of alkyl halides is 3. The summed E-state index contributed by atoms with van der Waals surface area (Å²) in [7, 11) is -2.71. The zero-order chi connectivity index (χ0) is 28.0. The van der Waals surface area contributed by atoms with Gasteiger partial charge in [-0.25, -0.2) is 8.42 Å². The molecule has 2 aromatic carbocycles. The molecule has 2 rings (SSSR count). The van der Waals surface area contributed by atoms with Crippen molar-refractivity contribution in [1.82, 2.24) is 10.2 Å². The van der Waals surface area contributed by atoms with Crippen molar-refractivity contribution in [3.05, 3.63) is 58.6 Å². The fourth-order valence-corrected chi connectivity index (χ4v) is 4.70. The predicted octanol–water partition coefficient (Wildman–Crippen LogP) is 4.08. The summed E-state index contributed by atoms with van der Waals surface area (Å²) in [5.74, 6) is -0.643. The Morgan fingerprint density at radius 2 is 1.73 bits per heavy atom. The number of carbonyl (C=O) groups excluding carboxylic acids is 2. The van der Waals surface area contributed by atoms with Crippen LogP contribution in [0.4, 0.5) is 18.9 Å². The van der Waals surface area contributed by atoms with Crippen molar-refractivity contribution >= 4 is 39.1 Å². The zero-order valence-electron chi connectivity index (χ0n) is 20.8. The Kier molecular flexibility index (Phi) is 10.2. The summed E-state index contributed by atoms with van der Waals surface area (Å²) < 4.78 is 71.1. The predicted molar refractivity (Wildman–Crippen MR) is 135 cm³/mol. The largest absolute Gasteiger partial charge is 0.497 e. The van der Waals surface area contributed by atoms with Gasteiger partial charge in [-0.3, -0.25) is 13.9 Å². The van der Waals surface area contributed by atoms with Crippen LogP contribution in [0.2, 0.25) is 5.02 Å². The van der Waals surface area contributed by atoms with Crippen LogP contribution in [-0.4, -0.2) is 57.6 Å². The van der Waals surface area contributed by atoms with Gasteiger partial charge in [-0.05, 0) is 49.2 Å². The van der Waals surface area contributed by atoms with Gasteiger partial charge in [-0.1, -0.05) is 30.7 Å². The number of rotatable bonds is 11. The van der Waals surface area contributed by atoms with Gasteiger partial charge in [-0.15, -0.1) is 0 Å². The van der Waals surface area contributed by atoms with E-state index in [2.05, 4.69) is 5.32 Å². The van der Waals surface area contributed by atoms with Crippen molar-refractivity contribution in [3.63, 3.8) is 0 Å². The number of amides is 2. The molecule has 0 aliphatic carbocycles. The molecule has 204 valence electrons. The van der Waals surface area contributed by atoms with E-state index in [1.165, 1.54) is 12.0 Å². The third kappa shape index (κ3) is 8.00. The van der Waals surface area contributed by atoms with E-state index in [-0.39, 0.29) is 18.7 Å². The molecule has 13 heteroatoms. The molecule has 0 aliphatic heterocycles. The van der Waals surface area contributed by atoms with Crippen molar-refractivity contribution in [1.29, 1.82) is 0 Å². The number of halogens is 4. The first kappa shape index (κ1) is 30.2. The number of carbonyl (C=O) groups is 2. The summed E-state index contributed by atoms with van der Waals surface area (Å²) in [4.78, 5) is 27.5. The molecule has 2 aromatic rings. The third-order valence-electron chi connectivity index (χ3n) is 5.47. The van der Waals surface area contributed by atoms with Crippen LogP contribution in [0, 0.1) is 0 Å². The highest BCUT2D eigenvalue weighted by Gasteiger charge is 2.36. The normalized spacial score (nSPS) is 12.5. The topological polar surface area (TPSA) is 96.0 Å². The number of benzene rings is 2. The van der Waals surface area contributed by atoms with Crippen LogP contribution in [0.1, 0.15) is 31.4 Å². The van der Waals surface area contributed by atoms with Gasteiger partial charge in [0, 0.05) is 13.1 Å². The van der Waals surface area contributed by atoms with Crippen molar-refractivity contribution in [2.45, 2.75) is 39.0 Å². The number of hydrogen-bond acceptors (Lipinski definition) is 5. The summed E-state index contributed by atoms with van der Waals surface area (Å²) in [5.41, 5.74) is -0.992. The van der Waals surface area contributed by atoms with Gasteiger partial charge in [0.1, 0.15) is 18.3 Å². The van der Waals surface area contributed by atoms with Gasteiger partial charge in [0.15, 0.2) is 0 Å². The Labute approximate surface area is 219 Å². The van der Waals surface area contributed by atoms with Gasteiger partial charge >= 0.3 is 6.18 Å². The Bertz CT molecular complexity index is 1210. The minimum atomic E-state index is -4.84. The minimum Gasteiger partial charge on any atom is -0.497 e. The number of likely N-dealkylation sites (N-methyl/N-ethyl adjacent to an activating group) is 1. The van der Waals surface area contributed by atoms with E-state index in [1.54, 1.807) is 38.1 Å². The Morgan fingerprint density at radius 1 is 1.11 bits per heavy atom. The molecule has 0 radical (unpaired) electrons. The summed E-state index contributed by atoms with van der Waals surface area (Å²) in [6.07, 6.45) is -3.85. The molecule has 0 bridgehead atoms. The fourth-order valence-electron chi connectivity index (χ4n) is 3.64. The monoisotopic (exact) mass is 563 g/mol. The molecule has 0 aliphatic rings. The van der Waals surface area contributed by atoms with Crippen molar-refractivity contribution in [2.24, 2.45) is 0 Å². The number of nitrogens with one attached hydrogen (secondary N) is 1. The molecule has 8 nitrogen and oxygen atoms in total. The quantitative estimate of drug-likeness (QED) is 0.444. The summed E-state index contributed by atoms with van der Waals surface area (Å²) in [6, 6.07) is 8.33. The van der Waals surface area contributed by atoms with Gasteiger partial charge < -0.3 is 15.0 Å². The lowest BCUT2D eigenvalue weighted by atomic mass is 10.1. The highest BCUT2D eigenvalue weighted by atomic mass is 35.5. The van der Waals surface area contributed by atoms with E-state index < -0.39 is 51.2 Å². The molecule has 1 N–H and O–H groups in total. The molecule has 0 fully saturated rings. The first-order chi connectivity index (χ1) is 17.2. The maximum absolute atomic E-state index is 13.5. The smallest absolute Gasteiger partial charge is 0.417 e. The number of anilines is 1. The number of nitrogens with zero attached hydrogens (tertiary/aromatic N) is 2. The lowest BCUT2D eigenvalue weighted by Gasteiger charge is -2.33. The third-order valence-corrected chi connectivity index (χ3v) is 6.94. The van der Waals surface area contributed by atoms with Crippen LogP contribution in [0.15, 0.2) is 42.5 Å². The maximum atomic E-state index is 13.5. The average Bonchev–Trinajstić information content (AvgIpc) is 2.82. The Hall–Kier alpha value is -2.99. The lowest BCUT2D eigenvalue weighted by Crippen LogP contribution is -2.52. The maximum Gasteiger partial charge on any atom is 0.417 e. The van der Waals surface area contributed by atoms with E-state index in [0.717, 1.165) is 18.4 Å². The number of sulfonamides is 1. The van der Waals surface area contributed by atoms with Gasteiger partial charge in [0.2, 0.25) is 21.8 Å². The van der Waals surface area contributed by atoms with Crippen LogP contribution in [0.5, 0.6) is 5.75 Å². The van der Waals surface area contributed by atoms with Crippen LogP contribution < -0.4 is 14.4 Å². The van der Waals surface area contributed by atoms with Crippen molar-refractivity contribution in [2.75, 3.05) is 30.8 Å². The standard InChI is InChI=1S/C24H29ClF3N3O5S/c1-5-21(23(33)29-6-2)30(14-16-7-10-18(36-3)11-8-16)22(32)15-31(37(4,34)35)17-9-12-20(25)19(13-17)24(26,27)28/h7-13,21H,5-6,14-15H2,1-4H3,(H,29,33)/t21-/m1/s1. The molecular formula is C24H29ClF3N3O5S. The molecule has 0 aromatic heterocycles. The minimum absolute atomic E-state index is 0.0511. The van der Waals surface area contributed by atoms with Gasteiger partial charge in [-0.2, -0.15) is 13.2 Å². The van der Waals surface area contributed by atoms with Crippen LogP contribution >= 0.6 is 11.6 Å². The second kappa shape index (κ2) is 12.5. The highest BCUT2D eigenvalue weighted by Crippen LogP contribution is 2.37. The van der Waals surface area contributed by atoms with Crippen molar-refractivity contribution < 1.29 is 35.9 Å². The Morgan fingerprint density at radius 3 is 2.22 bits per heavy atom. The summed E-state index contributed by atoms with van der Waals surface area (Å²) >= 11 is 5.68. The highest BCUT2D eigenvalue weighted by molar-refractivity contribution is 7.92. The molecule has 0 heterocycles. The van der Waals surface area contributed by atoms with E-state index in [4.69, 9.17) is 16.3 Å². The van der Waals surface area contributed by atoms with Crippen LogP contribution in [0.3, 0.4) is 0 Å². The zero-order valence-corrected chi connectivity index (χ0v) is 22.4. The molecule has 0 saturated carbocycles. The SMILES string of the molecule is CCNC(=O)[C@@H](CC)N(Cc1ccc(OC)cc1)C(=O)CN(c1ccc(Cl)c(C(F)(F)F)c1)S(C)(=O)=O. The molecule has 0 spiro atoms. The number of ether oxygens (including phenoxy) is 1. The number of hydrogen-bond donors (Lipinski definition) is 1. The van der Waals surface area contributed by atoms with Crippen LogP contribution in [-0.2, 0) is 32.3 Å². The number of methoxy groups -OCH3 is 1. The molecular weight excluding hydrogens is 535 g/mol. The molecule has 2 amide bonds.